The van der Waals surface area contributed by atoms with E-state index in [0.29, 0.717) is 18.6 Å². The summed E-state index contributed by atoms with van der Waals surface area (Å²) in [5.74, 6) is 0.0564. The lowest BCUT2D eigenvalue weighted by molar-refractivity contribution is -0.131. The van der Waals surface area contributed by atoms with Gasteiger partial charge in [-0.15, -0.1) is 0 Å². The molecular formula is C21H36N6O3. The highest BCUT2D eigenvalue weighted by Crippen LogP contribution is 2.23. The highest BCUT2D eigenvalue weighted by atomic mass is 16.5. The predicted molar refractivity (Wildman–Crippen MR) is 114 cm³/mol. The van der Waals surface area contributed by atoms with Crippen molar-refractivity contribution in [2.45, 2.75) is 44.8 Å². The Kier molecular flexibility index (Phi) is 7.71. The molecule has 0 radical (unpaired) electrons. The third-order valence-electron chi connectivity index (χ3n) is 6.12. The van der Waals surface area contributed by atoms with E-state index >= 15 is 0 Å². The zero-order valence-corrected chi connectivity index (χ0v) is 18.8. The highest BCUT2D eigenvalue weighted by Gasteiger charge is 2.35. The molecule has 0 spiro atoms. The Morgan fingerprint density at radius 1 is 1.13 bits per heavy atom. The first-order valence-corrected chi connectivity index (χ1v) is 10.9. The molecule has 3 heterocycles. The molecule has 3 amide bonds. The highest BCUT2D eigenvalue weighted by molar-refractivity contribution is 5.75. The minimum atomic E-state index is 0.0564. The van der Waals surface area contributed by atoms with E-state index in [9.17, 15) is 9.59 Å². The summed E-state index contributed by atoms with van der Waals surface area (Å²) in [7, 11) is 5.46. The number of urea groups is 1. The van der Waals surface area contributed by atoms with Crippen LogP contribution in [0.1, 0.15) is 24.8 Å². The lowest BCUT2D eigenvalue weighted by atomic mass is 10.0. The Balaban J connectivity index is 1.58. The van der Waals surface area contributed by atoms with E-state index in [1.54, 1.807) is 34.8 Å². The van der Waals surface area contributed by atoms with Gasteiger partial charge in [0.1, 0.15) is 6.54 Å². The van der Waals surface area contributed by atoms with E-state index < -0.39 is 0 Å². The molecule has 2 aliphatic rings. The molecule has 9 heteroatoms. The van der Waals surface area contributed by atoms with Crippen molar-refractivity contribution in [2.75, 3.05) is 60.5 Å². The number of carbonyl (C=O) groups excluding carboxylic acids is 2. The maximum atomic E-state index is 12.6. The molecule has 1 aromatic heterocycles. The summed E-state index contributed by atoms with van der Waals surface area (Å²) in [4.78, 5) is 32.9. The van der Waals surface area contributed by atoms with Gasteiger partial charge in [-0.3, -0.25) is 14.4 Å². The second kappa shape index (κ2) is 10.3. The fraction of sp³-hybridized carbons (Fsp3) is 0.762. The van der Waals surface area contributed by atoms with Crippen LogP contribution in [0.2, 0.25) is 0 Å². The number of likely N-dealkylation sites (tertiary alicyclic amines) is 1. The van der Waals surface area contributed by atoms with Crippen LogP contribution in [0.15, 0.2) is 12.4 Å². The number of hydrogen-bond donors (Lipinski definition) is 0. The van der Waals surface area contributed by atoms with E-state index in [1.165, 1.54) is 0 Å². The maximum Gasteiger partial charge on any atom is 0.319 e. The first kappa shape index (κ1) is 22.6. The smallest absolute Gasteiger partial charge is 0.319 e. The molecule has 0 aromatic carbocycles. The number of hydrogen-bond acceptors (Lipinski definition) is 5. The van der Waals surface area contributed by atoms with Gasteiger partial charge in [-0.1, -0.05) is 0 Å². The molecule has 2 saturated heterocycles. The summed E-state index contributed by atoms with van der Waals surface area (Å²) < 4.78 is 7.25. The lowest BCUT2D eigenvalue weighted by Crippen LogP contribution is -2.50. The number of nitrogens with zero attached hydrogens (tertiary/aromatic N) is 6. The monoisotopic (exact) mass is 420 g/mol. The zero-order chi connectivity index (χ0) is 21.7. The molecule has 0 aliphatic carbocycles. The minimum absolute atomic E-state index is 0.0564. The van der Waals surface area contributed by atoms with Crippen LogP contribution in [0.4, 0.5) is 4.79 Å². The molecule has 2 aliphatic heterocycles. The van der Waals surface area contributed by atoms with Crippen molar-refractivity contribution in [1.82, 2.24) is 29.4 Å². The summed E-state index contributed by atoms with van der Waals surface area (Å²) in [6.45, 7) is 6.79. The molecule has 9 nitrogen and oxygen atoms in total. The third kappa shape index (κ3) is 5.72. The first-order chi connectivity index (χ1) is 14.3. The summed E-state index contributed by atoms with van der Waals surface area (Å²) >= 11 is 0. The van der Waals surface area contributed by atoms with Crippen molar-refractivity contribution in [3.63, 3.8) is 0 Å². The van der Waals surface area contributed by atoms with Crippen LogP contribution >= 0.6 is 0 Å². The molecule has 3 rings (SSSR count). The van der Waals surface area contributed by atoms with Crippen LogP contribution in [-0.2, 0) is 16.1 Å². The van der Waals surface area contributed by atoms with E-state index in [1.807, 2.05) is 25.1 Å². The van der Waals surface area contributed by atoms with Gasteiger partial charge in [0.05, 0.1) is 6.20 Å². The lowest BCUT2D eigenvalue weighted by Gasteiger charge is -2.39. The molecule has 1 aromatic rings. The van der Waals surface area contributed by atoms with E-state index in [-0.39, 0.29) is 18.5 Å². The van der Waals surface area contributed by atoms with Crippen LogP contribution in [0.5, 0.6) is 0 Å². The van der Waals surface area contributed by atoms with Crippen molar-refractivity contribution in [3.05, 3.63) is 18.0 Å². The summed E-state index contributed by atoms with van der Waals surface area (Å²) in [5.41, 5.74) is 1.05. The molecule has 1 unspecified atom stereocenters. The van der Waals surface area contributed by atoms with Crippen molar-refractivity contribution < 1.29 is 14.3 Å². The van der Waals surface area contributed by atoms with Gasteiger partial charge in [0, 0.05) is 78.8 Å². The number of likely N-dealkylation sites (N-methyl/N-ethyl adjacent to an activating group) is 1. The van der Waals surface area contributed by atoms with Gasteiger partial charge < -0.3 is 19.4 Å². The summed E-state index contributed by atoms with van der Waals surface area (Å²) in [6.07, 6.45) is 6.63. The van der Waals surface area contributed by atoms with Crippen LogP contribution in [0.3, 0.4) is 0 Å². The first-order valence-electron chi connectivity index (χ1n) is 10.9. The van der Waals surface area contributed by atoms with Gasteiger partial charge in [0.25, 0.3) is 0 Å². The van der Waals surface area contributed by atoms with Gasteiger partial charge in [-0.25, -0.2) is 4.79 Å². The van der Waals surface area contributed by atoms with Crippen LogP contribution in [0, 0.1) is 6.92 Å². The molecule has 168 valence electrons. The summed E-state index contributed by atoms with van der Waals surface area (Å²) in [5, 5.41) is 4.21. The Bertz CT molecular complexity index is 715. The van der Waals surface area contributed by atoms with Gasteiger partial charge in [0.15, 0.2) is 0 Å². The molecular weight excluding hydrogens is 384 g/mol. The number of rotatable bonds is 7. The Morgan fingerprint density at radius 2 is 1.87 bits per heavy atom. The molecule has 30 heavy (non-hydrogen) atoms. The van der Waals surface area contributed by atoms with Gasteiger partial charge in [0.2, 0.25) is 5.91 Å². The fourth-order valence-corrected chi connectivity index (χ4v) is 4.35. The van der Waals surface area contributed by atoms with Crippen molar-refractivity contribution in [1.29, 1.82) is 0 Å². The third-order valence-corrected chi connectivity index (χ3v) is 6.12. The average molecular weight is 421 g/mol. The number of aryl methyl sites for hydroxylation is 1. The Hall–Kier alpha value is -2.13. The largest absolute Gasteiger partial charge is 0.381 e. The molecule has 2 fully saturated rings. The van der Waals surface area contributed by atoms with E-state index in [2.05, 4.69) is 10.00 Å². The zero-order valence-electron chi connectivity index (χ0n) is 18.8. The molecule has 0 N–H and O–H groups in total. The SMILES string of the molecule is Cc1cnn(CC(=O)N(C)CCN(C2CCOCC2)C2CCN(C(=O)N(C)C)C2)c1. The Morgan fingerprint density at radius 3 is 2.50 bits per heavy atom. The second-order valence-electron chi connectivity index (χ2n) is 8.68. The number of ether oxygens (including phenoxy) is 1. The van der Waals surface area contributed by atoms with Crippen molar-refractivity contribution >= 4 is 11.9 Å². The maximum absolute atomic E-state index is 12.6. The number of carbonyl (C=O) groups is 2. The quantitative estimate of drug-likeness (QED) is 0.655. The predicted octanol–water partition coefficient (Wildman–Crippen LogP) is 0.887. The Labute approximate surface area is 179 Å². The fourth-order valence-electron chi connectivity index (χ4n) is 4.35. The minimum Gasteiger partial charge on any atom is -0.381 e. The number of amides is 3. The molecule has 0 saturated carbocycles. The second-order valence-corrected chi connectivity index (χ2v) is 8.68. The normalized spacial score (nSPS) is 20.0. The van der Waals surface area contributed by atoms with E-state index in [4.69, 9.17) is 4.74 Å². The van der Waals surface area contributed by atoms with Crippen LogP contribution < -0.4 is 0 Å². The van der Waals surface area contributed by atoms with Gasteiger partial charge in [-0.2, -0.15) is 5.10 Å². The van der Waals surface area contributed by atoms with Gasteiger partial charge in [-0.05, 0) is 31.7 Å². The number of aromatic nitrogens is 2. The van der Waals surface area contributed by atoms with Crippen molar-refractivity contribution in [3.8, 4) is 0 Å². The van der Waals surface area contributed by atoms with Gasteiger partial charge >= 0.3 is 6.03 Å². The van der Waals surface area contributed by atoms with Crippen molar-refractivity contribution in [2.24, 2.45) is 0 Å². The molecule has 0 bridgehead atoms. The van der Waals surface area contributed by atoms with E-state index in [0.717, 1.165) is 57.7 Å². The van der Waals surface area contributed by atoms with Crippen LogP contribution in [-0.4, -0.2) is 114 Å². The molecule has 1 atom stereocenters. The average Bonchev–Trinajstić information content (AvgIpc) is 3.37. The standard InChI is InChI=1S/C21H36N6O3/c1-17-13-22-26(14-17)16-20(28)24(4)9-10-27(18-6-11-30-12-7-18)19-5-8-25(15-19)21(29)23(2)3/h13-14,18-19H,5-12,15-16H2,1-4H3. The summed E-state index contributed by atoms with van der Waals surface area (Å²) in [6, 6.07) is 0.843. The van der Waals surface area contributed by atoms with Crippen LogP contribution in [0.25, 0.3) is 0 Å². The topological polar surface area (TPSA) is 74.2 Å².